The lowest BCUT2D eigenvalue weighted by Crippen LogP contribution is -2.51. The number of aromatic nitrogens is 4. The smallest absolute Gasteiger partial charge is 0.419 e. The number of hydrogen-bond acceptors (Lipinski definition) is 9. The number of aromatic hydroxyl groups is 1. The fourth-order valence-electron chi connectivity index (χ4n) is 6.74. The molecular formula is C27H28ClF4N7O3. The Morgan fingerprint density at radius 1 is 1.21 bits per heavy atom. The second kappa shape index (κ2) is 9.91. The molecule has 7 rings (SSSR count). The van der Waals surface area contributed by atoms with E-state index in [-0.39, 0.29) is 55.0 Å². The van der Waals surface area contributed by atoms with E-state index in [9.17, 15) is 27.5 Å². The molecule has 224 valence electrons. The Kier molecular flexibility index (Phi) is 5.97. The third-order valence-corrected chi connectivity index (χ3v) is 8.90. The van der Waals surface area contributed by atoms with E-state index < -0.39 is 52.0 Å². The number of anilines is 1. The first-order valence-corrected chi connectivity index (χ1v) is 14.1. The number of benzene rings is 1. The van der Waals surface area contributed by atoms with E-state index in [1.54, 1.807) is 0 Å². The van der Waals surface area contributed by atoms with Crippen LogP contribution in [0.4, 0.5) is 23.4 Å². The second-order valence-corrected chi connectivity index (χ2v) is 11.8. The fourth-order valence-corrected chi connectivity index (χ4v) is 7.06. The monoisotopic (exact) mass is 611 g/mol. The topological polar surface area (TPSA) is 109 Å². The number of hydrogen-bond donors (Lipinski definition) is 2. The summed E-state index contributed by atoms with van der Waals surface area (Å²) in [6, 6.07) is 1.57. The highest BCUT2D eigenvalue weighted by atomic mass is 35.5. The minimum atomic E-state index is -4.98. The first-order chi connectivity index (χ1) is 20.7. The molecule has 15 heteroatoms. The summed E-state index contributed by atoms with van der Waals surface area (Å²) in [5.74, 6) is -0.283. The Balaban J connectivity index is 1.35. The molecule has 4 aliphatic heterocycles. The predicted molar refractivity (Wildman–Crippen MR) is 145 cm³/mol. The largest absolute Gasteiger partial charge is 0.508 e. The van der Waals surface area contributed by atoms with Gasteiger partial charge in [-0.3, -0.25) is 9.69 Å². The van der Waals surface area contributed by atoms with Crippen molar-refractivity contribution in [3.8, 4) is 17.4 Å². The van der Waals surface area contributed by atoms with Gasteiger partial charge in [-0.25, -0.2) is 4.39 Å². The Hall–Kier alpha value is -3.23. The number of nitrogens with zero attached hydrogens (tertiary/aromatic N) is 6. The minimum Gasteiger partial charge on any atom is -0.508 e. The van der Waals surface area contributed by atoms with Gasteiger partial charge in [0, 0.05) is 46.9 Å². The van der Waals surface area contributed by atoms with Crippen molar-refractivity contribution in [3.05, 3.63) is 39.3 Å². The van der Waals surface area contributed by atoms with E-state index in [1.807, 2.05) is 4.90 Å². The molecule has 42 heavy (non-hydrogen) atoms. The van der Waals surface area contributed by atoms with Crippen molar-refractivity contribution in [2.45, 2.75) is 62.1 Å². The van der Waals surface area contributed by atoms with Gasteiger partial charge in [0.2, 0.25) is 0 Å². The summed E-state index contributed by atoms with van der Waals surface area (Å²) in [6.07, 6.45) is -2.53. The van der Waals surface area contributed by atoms with Crippen molar-refractivity contribution < 1.29 is 30.1 Å². The van der Waals surface area contributed by atoms with Crippen LogP contribution in [0.3, 0.4) is 0 Å². The third kappa shape index (κ3) is 4.63. The highest BCUT2D eigenvalue weighted by Crippen LogP contribution is 2.42. The fraction of sp³-hybridized carbons (Fsp3) is 0.556. The zero-order chi connectivity index (χ0) is 31.2. The Bertz CT molecular complexity index is 1700. The van der Waals surface area contributed by atoms with Crippen LogP contribution < -0.4 is 20.5 Å². The highest BCUT2D eigenvalue weighted by Gasteiger charge is 2.49. The zero-order valence-corrected chi connectivity index (χ0v) is 22.9. The average molecular weight is 612 g/mol. The van der Waals surface area contributed by atoms with Crippen molar-refractivity contribution in [2.24, 2.45) is 0 Å². The molecule has 10 nitrogen and oxygen atoms in total. The van der Waals surface area contributed by atoms with Gasteiger partial charge < -0.3 is 20.1 Å². The third-order valence-electron chi connectivity index (χ3n) is 8.60. The lowest BCUT2D eigenvalue weighted by Gasteiger charge is -2.34. The number of fused-ring (bicyclic) bond motifs is 4. The first kappa shape index (κ1) is 25.3. The summed E-state index contributed by atoms with van der Waals surface area (Å²) in [5, 5.41) is 17.0. The summed E-state index contributed by atoms with van der Waals surface area (Å²) in [7, 11) is 0. The van der Waals surface area contributed by atoms with Crippen LogP contribution in [-0.4, -0.2) is 86.3 Å². The van der Waals surface area contributed by atoms with E-state index in [0.717, 1.165) is 25.0 Å². The van der Waals surface area contributed by atoms with Gasteiger partial charge in [-0.2, -0.15) is 32.9 Å². The minimum absolute atomic E-state index is 0.0588. The number of rotatable bonds is 5. The molecule has 2 N–H and O–H groups in total. The number of phenols is 1. The molecule has 3 aromatic rings. The summed E-state index contributed by atoms with van der Waals surface area (Å²) in [4.78, 5) is 26.2. The molecule has 4 aliphatic rings. The summed E-state index contributed by atoms with van der Waals surface area (Å²) < 4.78 is 79.8. The number of phenolic OH excluding ortho intramolecular Hbond substituents is 1. The predicted octanol–water partition coefficient (Wildman–Crippen LogP) is 3.45. The van der Waals surface area contributed by atoms with Gasteiger partial charge in [0.1, 0.15) is 35.4 Å². The van der Waals surface area contributed by atoms with E-state index in [2.05, 4.69) is 20.4 Å². The molecule has 0 radical (unpaired) electrons. The molecule has 4 fully saturated rings. The van der Waals surface area contributed by atoms with Gasteiger partial charge in [-0.15, -0.1) is 0 Å². The molecule has 4 saturated heterocycles. The van der Waals surface area contributed by atoms with Crippen molar-refractivity contribution in [2.75, 3.05) is 37.6 Å². The number of nitrogens with one attached hydrogen (secondary N) is 1. The van der Waals surface area contributed by atoms with Crippen LogP contribution in [0.25, 0.3) is 16.6 Å². The average Bonchev–Trinajstić information content (AvgIpc) is 3.55. The molecule has 0 saturated carbocycles. The molecule has 2 bridgehead atoms. The maximum Gasteiger partial charge on any atom is 0.419 e. The maximum absolute atomic E-state index is 14.5. The Labute approximate surface area is 245 Å². The van der Waals surface area contributed by atoms with Crippen molar-refractivity contribution in [1.29, 1.82) is 0 Å². The molecule has 4 atom stereocenters. The summed E-state index contributed by atoms with van der Waals surface area (Å²) in [6.45, 7) is -0.837. The van der Waals surface area contributed by atoms with Crippen molar-refractivity contribution in [1.82, 2.24) is 30.0 Å². The second-order valence-electron chi connectivity index (χ2n) is 11.4. The van der Waals surface area contributed by atoms with Crippen LogP contribution >= 0.6 is 11.6 Å². The molecule has 0 amide bonds. The van der Waals surface area contributed by atoms with Crippen molar-refractivity contribution >= 4 is 28.3 Å². The van der Waals surface area contributed by atoms with Gasteiger partial charge in [0.25, 0.3) is 5.56 Å². The van der Waals surface area contributed by atoms with Crippen LogP contribution in [0.1, 0.15) is 40.4 Å². The number of halogens is 5. The standard InChI is InChI=1S/C27H28ClF4N7O3/c28-19-6-17(40)7-20(21(19)27(30,31)32)39-24(41)22-18(9-33-39)23(37-11-15-2-3-16(12-37)34-15)36-25(35-22)42-13-26-4-1-5-38(26)10-14(29)8-26/h6-7,9,14-16,34,40H,1-5,8,10-13H2/t14-,15-,16+,26+/m1/s1/i5D2. The lowest BCUT2D eigenvalue weighted by molar-refractivity contribution is -0.137. The van der Waals surface area contributed by atoms with Gasteiger partial charge in [0.15, 0.2) is 0 Å². The Morgan fingerprint density at radius 3 is 2.71 bits per heavy atom. The SMILES string of the molecule is [2H]C1([2H])CC[C@@]2(COc3nc(N4C[C@H]5CC[C@@H](C4)N5)c4cnn(-c5cc(O)cc(Cl)c5C(F)(F)F)c(=O)c4n3)C[C@@H](F)CN12. The number of ether oxygens (including phenoxy) is 1. The van der Waals surface area contributed by atoms with Crippen LogP contribution in [0.2, 0.25) is 5.02 Å². The van der Waals surface area contributed by atoms with Gasteiger partial charge in [0.05, 0.1) is 27.8 Å². The normalized spacial score (nSPS) is 29.5. The molecule has 0 unspecified atom stereocenters. The van der Waals surface area contributed by atoms with Gasteiger partial charge in [-0.1, -0.05) is 11.6 Å². The number of piperazine rings is 1. The molecule has 2 aromatic heterocycles. The van der Waals surface area contributed by atoms with E-state index >= 15 is 0 Å². The number of alkyl halides is 4. The molecule has 0 spiro atoms. The summed E-state index contributed by atoms with van der Waals surface area (Å²) >= 11 is 5.86. The van der Waals surface area contributed by atoms with Crippen LogP contribution in [0, 0.1) is 0 Å². The molecule has 1 aromatic carbocycles. The van der Waals surface area contributed by atoms with E-state index in [0.29, 0.717) is 30.0 Å². The van der Waals surface area contributed by atoms with Crippen LogP contribution in [0.5, 0.6) is 11.8 Å². The summed E-state index contributed by atoms with van der Waals surface area (Å²) in [5.41, 5.74) is -4.37. The maximum atomic E-state index is 14.5. The molecular weight excluding hydrogens is 582 g/mol. The van der Waals surface area contributed by atoms with Crippen molar-refractivity contribution in [3.63, 3.8) is 0 Å². The quantitative estimate of drug-likeness (QED) is 0.420. The Morgan fingerprint density at radius 2 is 1.98 bits per heavy atom. The first-order valence-electron chi connectivity index (χ1n) is 14.7. The van der Waals surface area contributed by atoms with Gasteiger partial charge >= 0.3 is 12.2 Å². The highest BCUT2D eigenvalue weighted by molar-refractivity contribution is 6.31. The van der Waals surface area contributed by atoms with E-state index in [1.165, 1.54) is 11.1 Å². The van der Waals surface area contributed by atoms with Crippen LogP contribution in [0.15, 0.2) is 23.1 Å². The van der Waals surface area contributed by atoms with Crippen LogP contribution in [-0.2, 0) is 6.18 Å². The molecule has 6 heterocycles. The lowest BCUT2D eigenvalue weighted by atomic mass is 9.95. The van der Waals surface area contributed by atoms with Gasteiger partial charge in [-0.05, 0) is 38.2 Å². The van der Waals surface area contributed by atoms with E-state index in [4.69, 9.17) is 19.1 Å². The zero-order valence-electron chi connectivity index (χ0n) is 24.2. The molecule has 0 aliphatic carbocycles.